The first kappa shape index (κ1) is 25.1. The molecule has 1 saturated heterocycles. The fraction of sp³-hybridized carbons (Fsp3) is 0.179. The number of nitrogens with zero attached hydrogens (tertiary/aromatic N) is 1. The molecular formula is C28H26N2O5S. The van der Waals surface area contributed by atoms with Gasteiger partial charge in [0, 0.05) is 5.69 Å². The molecule has 0 saturated carbocycles. The highest BCUT2D eigenvalue weighted by molar-refractivity contribution is 8.18. The number of amides is 3. The van der Waals surface area contributed by atoms with E-state index in [0.717, 1.165) is 34.1 Å². The van der Waals surface area contributed by atoms with Gasteiger partial charge in [0.2, 0.25) is 0 Å². The molecule has 184 valence electrons. The number of rotatable bonds is 9. The number of anilines is 1. The molecule has 0 radical (unpaired) electrons. The van der Waals surface area contributed by atoms with Crippen LogP contribution in [0.25, 0.3) is 6.08 Å². The molecule has 8 heteroatoms. The number of hydrogen-bond acceptors (Lipinski definition) is 6. The number of thioether (sulfide) groups is 1. The van der Waals surface area contributed by atoms with E-state index in [0.29, 0.717) is 16.4 Å². The second-order valence-corrected chi connectivity index (χ2v) is 9.21. The predicted molar refractivity (Wildman–Crippen MR) is 141 cm³/mol. The Morgan fingerprint density at radius 3 is 2.31 bits per heavy atom. The molecule has 4 rings (SSSR count). The van der Waals surface area contributed by atoms with E-state index in [1.54, 1.807) is 30.3 Å². The summed E-state index contributed by atoms with van der Waals surface area (Å²) >= 11 is 0.904. The van der Waals surface area contributed by atoms with Crippen molar-refractivity contribution in [3.05, 3.63) is 94.4 Å². The first-order valence-electron chi connectivity index (χ1n) is 11.4. The van der Waals surface area contributed by atoms with Crippen LogP contribution in [0.1, 0.15) is 16.7 Å². The van der Waals surface area contributed by atoms with Crippen molar-refractivity contribution in [2.24, 2.45) is 0 Å². The third-order valence-electron chi connectivity index (χ3n) is 5.45. The minimum Gasteiger partial charge on any atom is -0.492 e. The second-order valence-electron chi connectivity index (χ2n) is 8.22. The molecule has 1 aliphatic heterocycles. The average Bonchev–Trinajstić information content (AvgIpc) is 3.13. The number of nitrogens with one attached hydrogen (secondary N) is 1. The van der Waals surface area contributed by atoms with E-state index < -0.39 is 0 Å². The highest BCUT2D eigenvalue weighted by Gasteiger charge is 2.34. The average molecular weight is 503 g/mol. The van der Waals surface area contributed by atoms with Crippen LogP contribution in [0.4, 0.5) is 10.5 Å². The second kappa shape index (κ2) is 11.6. The first-order chi connectivity index (χ1) is 17.4. The minimum atomic E-state index is -0.342. The van der Waals surface area contributed by atoms with Gasteiger partial charge in [0.25, 0.3) is 17.1 Å². The largest absolute Gasteiger partial charge is 0.492 e. The molecule has 1 fully saturated rings. The lowest BCUT2D eigenvalue weighted by molar-refractivity contribution is -0.123. The first-order valence-corrected chi connectivity index (χ1v) is 12.2. The van der Waals surface area contributed by atoms with Crippen molar-refractivity contribution in [3.8, 4) is 11.5 Å². The number of hydrogen-bond donors (Lipinski definition) is 1. The van der Waals surface area contributed by atoms with E-state index in [9.17, 15) is 14.4 Å². The summed E-state index contributed by atoms with van der Waals surface area (Å²) in [5, 5.41) is 2.50. The lowest BCUT2D eigenvalue weighted by Gasteiger charge is -2.13. The van der Waals surface area contributed by atoms with E-state index >= 15 is 0 Å². The number of ether oxygens (including phenoxy) is 2. The van der Waals surface area contributed by atoms with Gasteiger partial charge < -0.3 is 14.8 Å². The number of carbonyl (C=O) groups excluding carboxylic acids is 3. The maximum Gasteiger partial charge on any atom is 0.293 e. The zero-order chi connectivity index (χ0) is 25.5. The molecule has 36 heavy (non-hydrogen) atoms. The predicted octanol–water partition coefficient (Wildman–Crippen LogP) is 5.44. The Morgan fingerprint density at radius 2 is 1.58 bits per heavy atom. The third kappa shape index (κ3) is 6.55. The van der Waals surface area contributed by atoms with Crippen LogP contribution in [-0.2, 0) is 9.59 Å². The number of carbonyl (C=O) groups is 3. The van der Waals surface area contributed by atoms with E-state index in [-0.39, 0.29) is 36.8 Å². The minimum absolute atomic E-state index is 0.128. The molecule has 0 aromatic heterocycles. The van der Waals surface area contributed by atoms with Crippen LogP contribution in [0.3, 0.4) is 0 Å². The summed E-state index contributed by atoms with van der Waals surface area (Å²) in [6.07, 6.45) is 1.67. The fourth-order valence-electron chi connectivity index (χ4n) is 3.44. The van der Waals surface area contributed by atoms with Crippen LogP contribution in [0.5, 0.6) is 11.5 Å². The van der Waals surface area contributed by atoms with Crippen molar-refractivity contribution in [2.75, 3.05) is 25.1 Å². The summed E-state index contributed by atoms with van der Waals surface area (Å²) in [6, 6.07) is 22.1. The molecule has 7 nitrogen and oxygen atoms in total. The maximum absolute atomic E-state index is 12.7. The van der Waals surface area contributed by atoms with Gasteiger partial charge in [-0.15, -0.1) is 0 Å². The smallest absolute Gasteiger partial charge is 0.293 e. The van der Waals surface area contributed by atoms with Gasteiger partial charge in [0.1, 0.15) is 18.1 Å². The molecule has 0 bridgehead atoms. The zero-order valence-electron chi connectivity index (χ0n) is 20.0. The van der Waals surface area contributed by atoms with Gasteiger partial charge >= 0.3 is 0 Å². The van der Waals surface area contributed by atoms with E-state index in [2.05, 4.69) is 5.32 Å². The molecule has 1 N–H and O–H groups in total. The number of aryl methyl sites for hydroxylation is 2. The molecule has 0 atom stereocenters. The van der Waals surface area contributed by atoms with Crippen LogP contribution in [-0.4, -0.2) is 41.7 Å². The lowest BCUT2D eigenvalue weighted by atomic mass is 10.2. The van der Waals surface area contributed by atoms with Gasteiger partial charge in [-0.2, -0.15) is 0 Å². The Labute approximate surface area is 214 Å². The van der Waals surface area contributed by atoms with Crippen molar-refractivity contribution >= 4 is 40.6 Å². The summed E-state index contributed by atoms with van der Waals surface area (Å²) in [6.45, 7) is 4.18. The Bertz CT molecular complexity index is 1290. The molecule has 3 amide bonds. The molecule has 3 aromatic rings. The normalized spacial score (nSPS) is 14.3. The van der Waals surface area contributed by atoms with Crippen molar-refractivity contribution in [1.82, 2.24) is 4.90 Å². The van der Waals surface area contributed by atoms with Crippen molar-refractivity contribution in [2.45, 2.75) is 13.8 Å². The quantitative estimate of drug-likeness (QED) is 0.393. The van der Waals surface area contributed by atoms with Crippen LogP contribution < -0.4 is 14.8 Å². The molecule has 0 unspecified atom stereocenters. The van der Waals surface area contributed by atoms with Gasteiger partial charge in [-0.05, 0) is 73.1 Å². The van der Waals surface area contributed by atoms with Crippen molar-refractivity contribution in [3.63, 3.8) is 0 Å². The topological polar surface area (TPSA) is 84.9 Å². The Hall–Kier alpha value is -4.04. The van der Waals surface area contributed by atoms with Gasteiger partial charge in [0.15, 0.2) is 6.61 Å². The van der Waals surface area contributed by atoms with Gasteiger partial charge in [-0.1, -0.05) is 48.0 Å². The van der Waals surface area contributed by atoms with Crippen molar-refractivity contribution < 1.29 is 23.9 Å². The summed E-state index contributed by atoms with van der Waals surface area (Å²) in [5.74, 6) is 0.616. The summed E-state index contributed by atoms with van der Waals surface area (Å²) < 4.78 is 11.2. The standard InChI is InChI=1S/C28H26N2O5S/c1-19-7-11-22(12-8-19)34-16-15-30-27(32)25(36-28(30)33)17-21-9-13-23(14-10-21)35-18-26(31)29-24-6-4-3-5-20(24)2/h3-14,17H,15-16,18H2,1-2H3,(H,29,31)/b25-17-. The Balaban J connectivity index is 1.28. The Morgan fingerprint density at radius 1 is 0.917 bits per heavy atom. The van der Waals surface area contributed by atoms with Crippen LogP contribution in [0, 0.1) is 13.8 Å². The van der Waals surface area contributed by atoms with E-state index in [4.69, 9.17) is 9.47 Å². The summed E-state index contributed by atoms with van der Waals surface area (Å²) in [5.41, 5.74) is 3.59. The van der Waals surface area contributed by atoms with E-state index in [1.807, 2.05) is 62.4 Å². The molecule has 0 spiro atoms. The van der Waals surface area contributed by atoms with Crippen LogP contribution in [0.2, 0.25) is 0 Å². The molecule has 0 aliphatic carbocycles. The fourth-order valence-corrected chi connectivity index (χ4v) is 4.31. The zero-order valence-corrected chi connectivity index (χ0v) is 20.8. The maximum atomic E-state index is 12.7. The van der Waals surface area contributed by atoms with Crippen molar-refractivity contribution in [1.29, 1.82) is 0 Å². The number of benzene rings is 3. The van der Waals surface area contributed by atoms with Gasteiger partial charge in [-0.25, -0.2) is 0 Å². The Kier molecular flexibility index (Phi) is 8.07. The lowest BCUT2D eigenvalue weighted by Crippen LogP contribution is -2.32. The summed E-state index contributed by atoms with van der Waals surface area (Å²) in [7, 11) is 0. The van der Waals surface area contributed by atoms with Gasteiger partial charge in [-0.3, -0.25) is 19.3 Å². The van der Waals surface area contributed by atoms with Crippen LogP contribution >= 0.6 is 11.8 Å². The molecule has 1 heterocycles. The third-order valence-corrected chi connectivity index (χ3v) is 6.35. The molecule has 1 aliphatic rings. The monoisotopic (exact) mass is 502 g/mol. The molecule has 3 aromatic carbocycles. The SMILES string of the molecule is Cc1ccc(OCCN2C(=O)S/C(=C\c3ccc(OCC(=O)Nc4ccccc4C)cc3)C2=O)cc1. The van der Waals surface area contributed by atoms with Gasteiger partial charge in [0.05, 0.1) is 11.4 Å². The highest BCUT2D eigenvalue weighted by atomic mass is 32.2. The molecular weight excluding hydrogens is 476 g/mol. The number of imide groups is 1. The van der Waals surface area contributed by atoms with Crippen LogP contribution in [0.15, 0.2) is 77.7 Å². The summed E-state index contributed by atoms with van der Waals surface area (Å²) in [4.78, 5) is 38.8. The highest BCUT2D eigenvalue weighted by Crippen LogP contribution is 2.32. The number of para-hydroxylation sites is 1. The van der Waals surface area contributed by atoms with E-state index in [1.165, 1.54) is 4.90 Å².